The zero-order valence-electron chi connectivity index (χ0n) is 19.6. The first-order valence-corrected chi connectivity index (χ1v) is 11.6. The Morgan fingerprint density at radius 1 is 1.06 bits per heavy atom. The molecule has 6 heteroatoms. The van der Waals surface area contributed by atoms with Crippen LogP contribution in [0, 0.1) is 18.3 Å². The molecule has 0 aliphatic carbocycles. The average Bonchev–Trinajstić information content (AvgIpc) is 3.04. The molecular formula is C25H36BrN3O2. The van der Waals surface area contributed by atoms with E-state index in [0.29, 0.717) is 10.0 Å². The highest BCUT2D eigenvalue weighted by atomic mass is 79.9. The molecule has 1 saturated heterocycles. The second-order valence-corrected chi connectivity index (χ2v) is 7.42. The zero-order valence-corrected chi connectivity index (χ0v) is 21.2. The van der Waals surface area contributed by atoms with E-state index in [-0.39, 0.29) is 5.56 Å². The second-order valence-electron chi connectivity index (χ2n) is 6.57. The molecule has 1 fully saturated rings. The van der Waals surface area contributed by atoms with Crippen LogP contribution in [0.1, 0.15) is 55.6 Å². The number of hydrogen-bond donors (Lipinski definition) is 2. The van der Waals surface area contributed by atoms with Crippen molar-refractivity contribution in [1.29, 1.82) is 5.26 Å². The molecule has 0 radical (unpaired) electrons. The molecule has 2 aromatic rings. The molecule has 31 heavy (non-hydrogen) atoms. The summed E-state index contributed by atoms with van der Waals surface area (Å²) in [6.07, 6.45) is 1.30. The molecule has 2 aromatic carbocycles. The lowest BCUT2D eigenvalue weighted by Crippen LogP contribution is -2.23. The van der Waals surface area contributed by atoms with Crippen molar-refractivity contribution >= 4 is 21.9 Å². The fourth-order valence-corrected chi connectivity index (χ4v) is 3.43. The summed E-state index contributed by atoms with van der Waals surface area (Å²) in [4.78, 5) is 13.3. The number of nitrogens with zero attached hydrogens (tertiary/aromatic N) is 2. The molecule has 1 aliphatic rings. The first kappa shape index (κ1) is 28.8. The van der Waals surface area contributed by atoms with E-state index in [2.05, 4.69) is 39.3 Å². The summed E-state index contributed by atoms with van der Waals surface area (Å²) in [6, 6.07) is 12.5. The number of benzene rings is 2. The lowest BCUT2D eigenvalue weighted by molar-refractivity contribution is 0.0697. The normalized spacial score (nSPS) is 13.0. The summed E-state index contributed by atoms with van der Waals surface area (Å²) in [7, 11) is 2.17. The first-order valence-electron chi connectivity index (χ1n) is 10.9. The van der Waals surface area contributed by atoms with Gasteiger partial charge in [0.15, 0.2) is 0 Å². The maximum atomic E-state index is 10.9. The Kier molecular flexibility index (Phi) is 15.3. The van der Waals surface area contributed by atoms with Crippen LogP contribution in [-0.2, 0) is 0 Å². The van der Waals surface area contributed by atoms with Crippen LogP contribution < -0.4 is 5.32 Å². The number of likely N-dealkylation sites (N-methyl/N-ethyl adjacent to an activating group) is 1. The minimum Gasteiger partial charge on any atom is -0.478 e. The Hall–Kier alpha value is -2.20. The predicted molar refractivity (Wildman–Crippen MR) is 134 cm³/mol. The van der Waals surface area contributed by atoms with Gasteiger partial charge in [0.05, 0.1) is 17.2 Å². The largest absolute Gasteiger partial charge is 0.478 e. The molecule has 0 aromatic heterocycles. The molecule has 2 N–H and O–H groups in total. The molecule has 1 heterocycles. The Morgan fingerprint density at radius 3 is 2.29 bits per heavy atom. The van der Waals surface area contributed by atoms with E-state index >= 15 is 0 Å². The minimum absolute atomic E-state index is 0.209. The van der Waals surface area contributed by atoms with Crippen molar-refractivity contribution in [2.45, 2.75) is 41.0 Å². The van der Waals surface area contributed by atoms with Crippen LogP contribution in [0.5, 0.6) is 0 Å². The number of carbonyl (C=O) groups is 1. The van der Waals surface area contributed by atoms with E-state index in [4.69, 9.17) is 5.11 Å². The summed E-state index contributed by atoms with van der Waals surface area (Å²) in [5.41, 5.74) is 3.39. The molecule has 170 valence electrons. The van der Waals surface area contributed by atoms with Crippen molar-refractivity contribution in [2.75, 3.05) is 33.2 Å². The number of aromatic carboxylic acids is 1. The SMILES string of the molecule is CC.CC.CN1CCCNCC1.Cc1ccc(-c2ccc(C(=O)O)cc2Br)c(C#N)c1. The number of rotatable bonds is 2. The van der Waals surface area contributed by atoms with Crippen LogP contribution in [0.2, 0.25) is 0 Å². The van der Waals surface area contributed by atoms with Crippen molar-refractivity contribution in [2.24, 2.45) is 0 Å². The van der Waals surface area contributed by atoms with Gasteiger partial charge in [-0.1, -0.05) is 61.8 Å². The molecular weight excluding hydrogens is 454 g/mol. The van der Waals surface area contributed by atoms with Crippen LogP contribution in [-0.4, -0.2) is 49.2 Å². The number of halogens is 1. The van der Waals surface area contributed by atoms with E-state index in [1.54, 1.807) is 12.1 Å². The Morgan fingerprint density at radius 2 is 1.71 bits per heavy atom. The van der Waals surface area contributed by atoms with Crippen LogP contribution in [0.15, 0.2) is 40.9 Å². The van der Waals surface area contributed by atoms with Crippen molar-refractivity contribution in [3.8, 4) is 17.2 Å². The third kappa shape index (κ3) is 10.1. The smallest absolute Gasteiger partial charge is 0.335 e. The maximum Gasteiger partial charge on any atom is 0.335 e. The maximum absolute atomic E-state index is 10.9. The molecule has 1 aliphatic heterocycles. The van der Waals surface area contributed by atoms with E-state index in [1.165, 1.54) is 32.1 Å². The lowest BCUT2D eigenvalue weighted by atomic mass is 9.97. The number of hydrogen-bond acceptors (Lipinski definition) is 4. The molecule has 0 saturated carbocycles. The number of nitriles is 1. The van der Waals surface area contributed by atoms with Crippen molar-refractivity contribution in [1.82, 2.24) is 10.2 Å². The van der Waals surface area contributed by atoms with Crippen LogP contribution in [0.3, 0.4) is 0 Å². The van der Waals surface area contributed by atoms with Gasteiger partial charge < -0.3 is 15.3 Å². The van der Waals surface area contributed by atoms with Crippen molar-refractivity contribution < 1.29 is 9.90 Å². The highest BCUT2D eigenvalue weighted by Gasteiger charge is 2.11. The van der Waals surface area contributed by atoms with Crippen molar-refractivity contribution in [3.63, 3.8) is 0 Å². The Balaban J connectivity index is 0.000000625. The van der Waals surface area contributed by atoms with Gasteiger partial charge in [-0.15, -0.1) is 0 Å². The number of carboxylic acids is 1. The Labute approximate surface area is 196 Å². The zero-order chi connectivity index (χ0) is 23.8. The van der Waals surface area contributed by atoms with E-state index in [1.807, 2.05) is 52.8 Å². The quantitative estimate of drug-likeness (QED) is 0.544. The summed E-state index contributed by atoms with van der Waals surface area (Å²) >= 11 is 3.36. The van der Waals surface area contributed by atoms with Crippen LogP contribution in [0.25, 0.3) is 11.1 Å². The molecule has 3 rings (SSSR count). The third-order valence-corrected chi connectivity index (χ3v) is 5.02. The number of carboxylic acid groups (broad SMARTS) is 1. The highest BCUT2D eigenvalue weighted by molar-refractivity contribution is 9.10. The van der Waals surface area contributed by atoms with Gasteiger partial charge in [0.1, 0.15) is 0 Å². The molecule has 0 spiro atoms. The topological polar surface area (TPSA) is 76.4 Å². The van der Waals surface area contributed by atoms with Gasteiger partial charge >= 0.3 is 5.97 Å². The van der Waals surface area contributed by atoms with Gasteiger partial charge in [-0.3, -0.25) is 0 Å². The third-order valence-electron chi connectivity index (χ3n) is 4.37. The standard InChI is InChI=1S/C15H10BrNO2.C6H14N2.2C2H6/c1-9-2-4-12(11(6-9)8-17)13-5-3-10(15(18)19)7-14(13)16;1-8-5-2-3-7-4-6-8;2*1-2/h2-7H,1H3,(H,18,19);7H,2-6H2,1H3;2*1-2H3. The number of nitrogens with one attached hydrogen (secondary N) is 1. The summed E-state index contributed by atoms with van der Waals surface area (Å²) in [5.74, 6) is -0.975. The van der Waals surface area contributed by atoms with E-state index in [9.17, 15) is 10.1 Å². The fraction of sp³-hybridized carbons (Fsp3) is 0.440. The van der Waals surface area contributed by atoms with Gasteiger partial charge in [0, 0.05) is 23.1 Å². The highest BCUT2D eigenvalue weighted by Crippen LogP contribution is 2.31. The molecule has 5 nitrogen and oxygen atoms in total. The van der Waals surface area contributed by atoms with Gasteiger partial charge in [-0.2, -0.15) is 5.26 Å². The first-order chi connectivity index (χ1) is 14.9. The van der Waals surface area contributed by atoms with Gasteiger partial charge in [-0.05, 0) is 62.8 Å². The number of aryl methyl sites for hydroxylation is 1. The summed E-state index contributed by atoms with van der Waals surface area (Å²) < 4.78 is 0.660. The van der Waals surface area contributed by atoms with Crippen LogP contribution >= 0.6 is 15.9 Å². The van der Waals surface area contributed by atoms with Gasteiger partial charge in [-0.25, -0.2) is 4.79 Å². The lowest BCUT2D eigenvalue weighted by Gasteiger charge is -2.09. The molecule has 0 bridgehead atoms. The minimum atomic E-state index is -0.975. The summed E-state index contributed by atoms with van der Waals surface area (Å²) in [6.45, 7) is 14.8. The molecule has 0 amide bonds. The fourth-order valence-electron chi connectivity index (χ4n) is 2.83. The van der Waals surface area contributed by atoms with Crippen molar-refractivity contribution in [3.05, 3.63) is 57.6 Å². The van der Waals surface area contributed by atoms with E-state index in [0.717, 1.165) is 23.2 Å². The average molecular weight is 490 g/mol. The monoisotopic (exact) mass is 489 g/mol. The molecule has 0 unspecified atom stereocenters. The second kappa shape index (κ2) is 16.5. The van der Waals surface area contributed by atoms with Crippen LogP contribution in [0.4, 0.5) is 0 Å². The predicted octanol–water partition coefficient (Wildman–Crippen LogP) is 5.96. The van der Waals surface area contributed by atoms with Gasteiger partial charge in [0.25, 0.3) is 0 Å². The molecule has 0 atom stereocenters. The van der Waals surface area contributed by atoms with E-state index < -0.39 is 5.97 Å². The summed E-state index contributed by atoms with van der Waals surface area (Å²) in [5, 5.41) is 21.4. The van der Waals surface area contributed by atoms with Gasteiger partial charge in [0.2, 0.25) is 0 Å². The Bertz CT molecular complexity index is 839.